The molecule has 1 aromatic heterocycles. The van der Waals surface area contributed by atoms with Crippen molar-refractivity contribution in [3.63, 3.8) is 0 Å². The Morgan fingerprint density at radius 2 is 2.05 bits per heavy atom. The van der Waals surface area contributed by atoms with Gasteiger partial charge in [0.2, 0.25) is 0 Å². The maximum absolute atomic E-state index is 13.3. The van der Waals surface area contributed by atoms with E-state index in [1.54, 1.807) is 31.4 Å². The van der Waals surface area contributed by atoms with Crippen molar-refractivity contribution in [1.29, 1.82) is 0 Å². The lowest BCUT2D eigenvalue weighted by atomic mass is 10.1. The summed E-state index contributed by atoms with van der Waals surface area (Å²) in [7, 11) is 1.60. The van der Waals surface area contributed by atoms with Crippen LogP contribution in [0.25, 0.3) is 0 Å². The minimum absolute atomic E-state index is 0.112. The summed E-state index contributed by atoms with van der Waals surface area (Å²) in [6.45, 7) is 0.487. The Morgan fingerprint density at radius 1 is 1.32 bits per heavy atom. The van der Waals surface area contributed by atoms with E-state index in [9.17, 15) is 9.18 Å². The highest BCUT2D eigenvalue weighted by Gasteiger charge is 2.08. The van der Waals surface area contributed by atoms with Crippen LogP contribution in [-0.2, 0) is 11.3 Å². The molecule has 1 aromatic carbocycles. The van der Waals surface area contributed by atoms with Crippen LogP contribution in [0.2, 0.25) is 0 Å². The summed E-state index contributed by atoms with van der Waals surface area (Å²) in [5, 5.41) is 2.49. The summed E-state index contributed by atoms with van der Waals surface area (Å²) in [5.41, 5.74) is 1.53. The van der Waals surface area contributed by atoms with E-state index in [2.05, 4.69) is 10.3 Å². The van der Waals surface area contributed by atoms with Crippen LogP contribution in [0.5, 0.6) is 0 Å². The molecule has 2 aromatic rings. The van der Waals surface area contributed by atoms with Gasteiger partial charge in [0.25, 0.3) is 5.91 Å². The van der Waals surface area contributed by atoms with Crippen LogP contribution < -0.4 is 5.32 Å². The number of carbonyl (C=O) groups excluding carboxylic acids is 1. The molecule has 0 aliphatic heterocycles. The van der Waals surface area contributed by atoms with Crippen molar-refractivity contribution in [2.45, 2.75) is 6.61 Å². The predicted molar refractivity (Wildman–Crippen MR) is 69.3 cm³/mol. The van der Waals surface area contributed by atoms with Crippen molar-refractivity contribution < 1.29 is 13.9 Å². The molecule has 0 fully saturated rings. The van der Waals surface area contributed by atoms with Gasteiger partial charge in [0, 0.05) is 18.9 Å². The van der Waals surface area contributed by atoms with Crippen LogP contribution >= 0.6 is 0 Å². The van der Waals surface area contributed by atoms with Gasteiger partial charge in [-0.15, -0.1) is 0 Å². The Hall–Kier alpha value is -2.27. The van der Waals surface area contributed by atoms with Gasteiger partial charge < -0.3 is 10.1 Å². The van der Waals surface area contributed by atoms with Gasteiger partial charge in [0.15, 0.2) is 5.82 Å². The molecule has 0 radical (unpaired) electrons. The van der Waals surface area contributed by atoms with Crippen LogP contribution in [-0.4, -0.2) is 18.0 Å². The molecule has 98 valence electrons. The molecule has 0 aliphatic rings. The summed E-state index contributed by atoms with van der Waals surface area (Å²) >= 11 is 0. The summed E-state index contributed by atoms with van der Waals surface area (Å²) in [4.78, 5) is 15.5. The van der Waals surface area contributed by atoms with Crippen molar-refractivity contribution in [3.05, 3.63) is 59.7 Å². The molecule has 0 saturated carbocycles. The first-order valence-electron chi connectivity index (χ1n) is 5.69. The molecule has 1 heterocycles. The Balaban J connectivity index is 2.10. The molecular weight excluding hydrogens is 247 g/mol. The van der Waals surface area contributed by atoms with Crippen LogP contribution in [0, 0.1) is 5.82 Å². The molecule has 0 atom stereocenters. The van der Waals surface area contributed by atoms with Crippen LogP contribution in [0.1, 0.15) is 15.9 Å². The largest absolute Gasteiger partial charge is 0.380 e. The number of hydrogen-bond donors (Lipinski definition) is 1. The van der Waals surface area contributed by atoms with E-state index in [1.165, 1.54) is 12.3 Å². The number of rotatable bonds is 4. The van der Waals surface area contributed by atoms with Gasteiger partial charge in [-0.25, -0.2) is 4.39 Å². The lowest BCUT2D eigenvalue weighted by Crippen LogP contribution is -2.13. The number of aromatic nitrogens is 1. The fraction of sp³-hybridized carbons (Fsp3) is 0.143. The van der Waals surface area contributed by atoms with E-state index in [1.807, 2.05) is 0 Å². The van der Waals surface area contributed by atoms with Crippen LogP contribution in [0.3, 0.4) is 0 Å². The molecule has 5 heteroatoms. The number of ether oxygens (including phenoxy) is 1. The van der Waals surface area contributed by atoms with Gasteiger partial charge in [-0.05, 0) is 23.8 Å². The number of methoxy groups -OCH3 is 1. The van der Waals surface area contributed by atoms with Gasteiger partial charge in [-0.2, -0.15) is 0 Å². The molecule has 1 amide bonds. The average Bonchev–Trinajstić information content (AvgIpc) is 2.42. The number of anilines is 1. The van der Waals surface area contributed by atoms with E-state index in [4.69, 9.17) is 4.74 Å². The molecule has 0 unspecified atom stereocenters. The van der Waals surface area contributed by atoms with Gasteiger partial charge in [-0.1, -0.05) is 12.1 Å². The van der Waals surface area contributed by atoms with Crippen molar-refractivity contribution in [1.82, 2.24) is 4.98 Å². The van der Waals surface area contributed by atoms with Crippen molar-refractivity contribution in [2.24, 2.45) is 0 Å². The molecule has 4 nitrogen and oxygen atoms in total. The van der Waals surface area contributed by atoms with Crippen molar-refractivity contribution >= 4 is 11.6 Å². The zero-order valence-electron chi connectivity index (χ0n) is 10.4. The fourth-order valence-electron chi connectivity index (χ4n) is 1.59. The number of hydrogen-bond acceptors (Lipinski definition) is 3. The molecule has 19 heavy (non-hydrogen) atoms. The maximum atomic E-state index is 13.3. The Kier molecular flexibility index (Phi) is 4.20. The number of benzene rings is 1. The Bertz CT molecular complexity index is 570. The Morgan fingerprint density at radius 3 is 2.68 bits per heavy atom. The Labute approximate surface area is 110 Å². The molecule has 0 spiro atoms. The number of pyridine rings is 1. The molecule has 0 saturated heterocycles. The lowest BCUT2D eigenvalue weighted by Gasteiger charge is -2.06. The molecule has 0 bridgehead atoms. The number of nitrogens with zero attached hydrogens (tertiary/aromatic N) is 1. The monoisotopic (exact) mass is 260 g/mol. The van der Waals surface area contributed by atoms with Crippen LogP contribution in [0.4, 0.5) is 10.1 Å². The molecule has 0 aliphatic carbocycles. The highest BCUT2D eigenvalue weighted by Crippen LogP contribution is 2.13. The zero-order valence-corrected chi connectivity index (χ0v) is 10.4. The SMILES string of the molecule is COCc1ccc(C(=O)Nc2ccncc2F)cc1. The third-order valence-electron chi connectivity index (χ3n) is 2.55. The van der Waals surface area contributed by atoms with E-state index in [-0.39, 0.29) is 11.6 Å². The van der Waals surface area contributed by atoms with E-state index in [0.717, 1.165) is 11.8 Å². The van der Waals surface area contributed by atoms with E-state index < -0.39 is 5.82 Å². The lowest BCUT2D eigenvalue weighted by molar-refractivity contribution is 0.102. The summed E-state index contributed by atoms with van der Waals surface area (Å²) in [5.74, 6) is -0.930. The summed E-state index contributed by atoms with van der Waals surface area (Å²) < 4.78 is 18.3. The van der Waals surface area contributed by atoms with E-state index in [0.29, 0.717) is 12.2 Å². The second-order valence-corrected chi connectivity index (χ2v) is 3.94. The summed E-state index contributed by atoms with van der Waals surface area (Å²) in [6, 6.07) is 8.33. The van der Waals surface area contributed by atoms with Gasteiger partial charge in [0.1, 0.15) is 0 Å². The number of nitrogens with one attached hydrogen (secondary N) is 1. The highest BCUT2D eigenvalue weighted by atomic mass is 19.1. The molecule has 1 N–H and O–H groups in total. The first-order chi connectivity index (χ1) is 9.20. The minimum atomic E-state index is -0.563. The van der Waals surface area contributed by atoms with Gasteiger partial charge >= 0.3 is 0 Å². The zero-order chi connectivity index (χ0) is 13.7. The third-order valence-corrected chi connectivity index (χ3v) is 2.55. The van der Waals surface area contributed by atoms with Gasteiger partial charge in [-0.3, -0.25) is 9.78 Å². The average molecular weight is 260 g/mol. The maximum Gasteiger partial charge on any atom is 0.255 e. The number of amides is 1. The third kappa shape index (κ3) is 3.35. The minimum Gasteiger partial charge on any atom is -0.380 e. The van der Waals surface area contributed by atoms with Crippen molar-refractivity contribution in [2.75, 3.05) is 12.4 Å². The van der Waals surface area contributed by atoms with Crippen LogP contribution in [0.15, 0.2) is 42.7 Å². The molecular formula is C14H13FN2O2. The topological polar surface area (TPSA) is 51.2 Å². The van der Waals surface area contributed by atoms with Gasteiger partial charge in [0.05, 0.1) is 18.5 Å². The predicted octanol–water partition coefficient (Wildman–Crippen LogP) is 2.62. The number of carbonyl (C=O) groups is 1. The standard InChI is InChI=1S/C14H13FN2O2/c1-19-9-10-2-4-11(5-3-10)14(18)17-13-6-7-16-8-12(13)15/h2-8H,9H2,1H3,(H,16,17,18). The second kappa shape index (κ2) is 6.06. The van der Waals surface area contributed by atoms with E-state index >= 15 is 0 Å². The highest BCUT2D eigenvalue weighted by molar-refractivity contribution is 6.04. The second-order valence-electron chi connectivity index (χ2n) is 3.94. The first-order valence-corrected chi connectivity index (χ1v) is 5.69. The normalized spacial score (nSPS) is 10.2. The quantitative estimate of drug-likeness (QED) is 0.919. The first kappa shape index (κ1) is 13.2. The smallest absolute Gasteiger partial charge is 0.255 e. The molecule has 2 rings (SSSR count). The van der Waals surface area contributed by atoms with Crippen molar-refractivity contribution in [3.8, 4) is 0 Å². The fourth-order valence-corrected chi connectivity index (χ4v) is 1.59. The number of halogens is 1. The summed E-state index contributed by atoms with van der Waals surface area (Å²) in [6.07, 6.45) is 2.47.